The lowest BCUT2D eigenvalue weighted by Crippen LogP contribution is -2.40. The molecule has 0 aliphatic heterocycles. The van der Waals surface area contributed by atoms with Crippen LogP contribution in [0.1, 0.15) is 26.7 Å². The van der Waals surface area contributed by atoms with Crippen LogP contribution in [-0.4, -0.2) is 22.2 Å². The smallest absolute Gasteiger partial charge is 0.425 e. The van der Waals surface area contributed by atoms with Crippen LogP contribution in [0.5, 0.6) is 5.88 Å². The Labute approximate surface area is 113 Å². The van der Waals surface area contributed by atoms with Crippen LogP contribution in [0, 0.1) is 11.7 Å². The molecule has 0 fully saturated rings. The average molecular weight is 301 g/mol. The molecular formula is C11H13ClF4N2O. The van der Waals surface area contributed by atoms with Crippen molar-refractivity contribution in [2.45, 2.75) is 39.0 Å². The van der Waals surface area contributed by atoms with E-state index < -0.39 is 29.9 Å². The van der Waals surface area contributed by atoms with Crippen LogP contribution >= 0.6 is 11.6 Å². The molecule has 0 amide bonds. The van der Waals surface area contributed by atoms with E-state index in [1.165, 1.54) is 6.92 Å². The molecular weight excluding hydrogens is 288 g/mol. The zero-order valence-corrected chi connectivity index (χ0v) is 11.1. The topological polar surface area (TPSA) is 35.0 Å². The van der Waals surface area contributed by atoms with Gasteiger partial charge in [0.15, 0.2) is 6.10 Å². The molecule has 0 saturated heterocycles. The number of alkyl halides is 3. The Morgan fingerprint density at radius 3 is 2.58 bits per heavy atom. The molecule has 19 heavy (non-hydrogen) atoms. The highest BCUT2D eigenvalue weighted by Crippen LogP contribution is 2.32. The summed E-state index contributed by atoms with van der Waals surface area (Å²) in [5.74, 6) is -2.69. The molecule has 8 heteroatoms. The molecule has 3 nitrogen and oxygen atoms in total. The van der Waals surface area contributed by atoms with Gasteiger partial charge in [-0.3, -0.25) is 0 Å². The summed E-state index contributed by atoms with van der Waals surface area (Å²) in [4.78, 5) is 6.63. The SMILES string of the molecule is CCCC(C)C(Oc1nc(Cl)ncc1F)C(F)(F)F. The number of aromatic nitrogens is 2. The first-order valence-electron chi connectivity index (χ1n) is 5.67. The Balaban J connectivity index is 2.97. The van der Waals surface area contributed by atoms with E-state index in [2.05, 4.69) is 14.7 Å². The van der Waals surface area contributed by atoms with Crippen molar-refractivity contribution in [3.05, 3.63) is 17.3 Å². The second-order valence-corrected chi connectivity index (χ2v) is 4.48. The highest BCUT2D eigenvalue weighted by molar-refractivity contribution is 6.28. The molecule has 2 unspecified atom stereocenters. The van der Waals surface area contributed by atoms with Crippen LogP contribution in [0.4, 0.5) is 17.6 Å². The van der Waals surface area contributed by atoms with Crippen molar-refractivity contribution < 1.29 is 22.3 Å². The predicted molar refractivity (Wildman–Crippen MR) is 61.5 cm³/mol. The molecule has 0 aliphatic carbocycles. The fraction of sp³-hybridized carbons (Fsp3) is 0.636. The Hall–Kier alpha value is -1.11. The van der Waals surface area contributed by atoms with Crippen LogP contribution < -0.4 is 4.74 Å². The van der Waals surface area contributed by atoms with E-state index >= 15 is 0 Å². The minimum absolute atomic E-state index is 0.296. The molecule has 0 aromatic carbocycles. The fourth-order valence-electron chi connectivity index (χ4n) is 1.65. The van der Waals surface area contributed by atoms with Gasteiger partial charge in [-0.1, -0.05) is 20.3 Å². The molecule has 1 rings (SSSR count). The Morgan fingerprint density at radius 2 is 2.05 bits per heavy atom. The Kier molecular flexibility index (Phi) is 5.34. The molecule has 0 spiro atoms. The Bertz CT molecular complexity index is 428. The molecule has 0 N–H and O–H groups in total. The van der Waals surface area contributed by atoms with Gasteiger partial charge in [-0.05, 0) is 18.0 Å². The van der Waals surface area contributed by atoms with Gasteiger partial charge in [0.05, 0.1) is 6.20 Å². The second-order valence-electron chi connectivity index (χ2n) is 4.14. The molecule has 108 valence electrons. The van der Waals surface area contributed by atoms with Crippen molar-refractivity contribution in [2.24, 2.45) is 5.92 Å². The summed E-state index contributed by atoms with van der Waals surface area (Å²) >= 11 is 5.41. The lowest BCUT2D eigenvalue weighted by molar-refractivity contribution is -0.210. The van der Waals surface area contributed by atoms with Crippen molar-refractivity contribution in [2.75, 3.05) is 0 Å². The number of halogens is 5. The molecule has 0 bridgehead atoms. The van der Waals surface area contributed by atoms with Gasteiger partial charge in [0.25, 0.3) is 5.88 Å². The monoisotopic (exact) mass is 300 g/mol. The maximum Gasteiger partial charge on any atom is 0.425 e. The summed E-state index contributed by atoms with van der Waals surface area (Å²) in [5, 5.41) is -0.375. The van der Waals surface area contributed by atoms with E-state index in [-0.39, 0.29) is 5.28 Å². The predicted octanol–water partition coefficient (Wildman–Crippen LogP) is 4.02. The standard InChI is InChI=1S/C11H13ClF4N2O/c1-3-4-6(2)8(11(14,15)16)19-9-7(13)5-17-10(12)18-9/h5-6,8H,3-4H2,1-2H3. The number of ether oxygens (including phenoxy) is 1. The quantitative estimate of drug-likeness (QED) is 0.608. The summed E-state index contributed by atoms with van der Waals surface area (Å²) in [7, 11) is 0. The fourth-order valence-corrected chi connectivity index (χ4v) is 1.77. The molecule has 0 aliphatic rings. The minimum Gasteiger partial charge on any atom is -0.462 e. The van der Waals surface area contributed by atoms with E-state index in [1.54, 1.807) is 6.92 Å². The molecule has 0 radical (unpaired) electrons. The lowest BCUT2D eigenvalue weighted by Gasteiger charge is -2.26. The molecule has 0 saturated carbocycles. The van der Waals surface area contributed by atoms with E-state index in [0.717, 1.165) is 0 Å². The van der Waals surface area contributed by atoms with Gasteiger partial charge in [0.2, 0.25) is 11.1 Å². The van der Waals surface area contributed by atoms with Gasteiger partial charge >= 0.3 is 6.18 Å². The van der Waals surface area contributed by atoms with E-state index in [0.29, 0.717) is 19.0 Å². The van der Waals surface area contributed by atoms with Crippen LogP contribution in [0.15, 0.2) is 6.20 Å². The molecule has 1 heterocycles. The number of hydrogen-bond donors (Lipinski definition) is 0. The highest BCUT2D eigenvalue weighted by Gasteiger charge is 2.45. The van der Waals surface area contributed by atoms with Crippen molar-refractivity contribution in [3.8, 4) is 5.88 Å². The van der Waals surface area contributed by atoms with Crippen molar-refractivity contribution in [1.82, 2.24) is 9.97 Å². The number of hydrogen-bond acceptors (Lipinski definition) is 3. The third-order valence-corrected chi connectivity index (χ3v) is 2.69. The van der Waals surface area contributed by atoms with Crippen molar-refractivity contribution >= 4 is 11.6 Å². The van der Waals surface area contributed by atoms with Crippen LogP contribution in [-0.2, 0) is 0 Å². The second kappa shape index (κ2) is 6.36. The highest BCUT2D eigenvalue weighted by atomic mass is 35.5. The summed E-state index contributed by atoms with van der Waals surface area (Å²) in [6.07, 6.45) is -5.22. The first-order chi connectivity index (χ1) is 8.75. The maximum atomic E-state index is 13.3. The first-order valence-corrected chi connectivity index (χ1v) is 6.05. The van der Waals surface area contributed by atoms with Gasteiger partial charge in [-0.2, -0.15) is 22.5 Å². The normalized spacial score (nSPS) is 15.1. The summed E-state index contributed by atoms with van der Waals surface area (Å²) < 4.78 is 56.6. The average Bonchev–Trinajstić information content (AvgIpc) is 2.28. The van der Waals surface area contributed by atoms with Crippen LogP contribution in [0.2, 0.25) is 5.28 Å². The first kappa shape index (κ1) is 15.9. The third kappa shape index (κ3) is 4.49. The summed E-state index contributed by atoms with van der Waals surface area (Å²) in [5.41, 5.74) is 0. The lowest BCUT2D eigenvalue weighted by atomic mass is 9.99. The van der Waals surface area contributed by atoms with E-state index in [9.17, 15) is 17.6 Å². The van der Waals surface area contributed by atoms with Crippen molar-refractivity contribution in [1.29, 1.82) is 0 Å². The maximum absolute atomic E-state index is 13.3. The molecule has 1 aromatic rings. The molecule has 1 aromatic heterocycles. The third-order valence-electron chi connectivity index (χ3n) is 2.50. The van der Waals surface area contributed by atoms with Crippen molar-refractivity contribution in [3.63, 3.8) is 0 Å². The zero-order valence-electron chi connectivity index (χ0n) is 10.3. The number of rotatable bonds is 5. The van der Waals surface area contributed by atoms with Gasteiger partial charge in [-0.15, -0.1) is 0 Å². The van der Waals surface area contributed by atoms with Gasteiger partial charge in [-0.25, -0.2) is 4.98 Å². The largest absolute Gasteiger partial charge is 0.462 e. The van der Waals surface area contributed by atoms with Gasteiger partial charge in [0.1, 0.15) is 0 Å². The van der Waals surface area contributed by atoms with Gasteiger partial charge in [0, 0.05) is 5.92 Å². The van der Waals surface area contributed by atoms with E-state index in [1.807, 2.05) is 0 Å². The van der Waals surface area contributed by atoms with E-state index in [4.69, 9.17) is 11.6 Å². The molecule has 2 atom stereocenters. The summed E-state index contributed by atoms with van der Waals surface area (Å²) in [6.45, 7) is 3.15. The van der Waals surface area contributed by atoms with Crippen LogP contribution in [0.25, 0.3) is 0 Å². The van der Waals surface area contributed by atoms with Crippen LogP contribution in [0.3, 0.4) is 0 Å². The van der Waals surface area contributed by atoms with Gasteiger partial charge < -0.3 is 4.74 Å². The minimum atomic E-state index is -4.61. The summed E-state index contributed by atoms with van der Waals surface area (Å²) in [6, 6.07) is 0. The Morgan fingerprint density at radius 1 is 1.42 bits per heavy atom. The number of nitrogens with zero attached hydrogens (tertiary/aromatic N) is 2. The zero-order chi connectivity index (χ0) is 14.6.